The van der Waals surface area contributed by atoms with E-state index in [1.54, 1.807) is 30.6 Å². The monoisotopic (exact) mass is 462 g/mol. The van der Waals surface area contributed by atoms with E-state index in [4.69, 9.17) is 0 Å². The largest absolute Gasteiger partial charge is 0.371 e. The first-order valence-corrected chi connectivity index (χ1v) is 12.9. The summed E-state index contributed by atoms with van der Waals surface area (Å²) in [6.07, 6.45) is 3.27. The zero-order valence-electron chi connectivity index (χ0n) is 18.2. The van der Waals surface area contributed by atoms with Crippen LogP contribution in [0.15, 0.2) is 71.9 Å². The molecule has 170 valence electrons. The maximum atomic E-state index is 13.2. The molecule has 33 heavy (non-hydrogen) atoms. The van der Waals surface area contributed by atoms with Crippen molar-refractivity contribution in [3.63, 3.8) is 0 Å². The Bertz CT molecular complexity index is 1290. The van der Waals surface area contributed by atoms with Crippen molar-refractivity contribution in [2.24, 2.45) is 17.8 Å². The number of amides is 1. The summed E-state index contributed by atoms with van der Waals surface area (Å²) in [6, 6.07) is 17.4. The van der Waals surface area contributed by atoms with Gasteiger partial charge in [0, 0.05) is 80.0 Å². The summed E-state index contributed by atoms with van der Waals surface area (Å²) in [6.45, 7) is 3.99. The van der Waals surface area contributed by atoms with Gasteiger partial charge < -0.3 is 9.80 Å². The lowest BCUT2D eigenvalue weighted by atomic mass is 10.0. The Hall–Kier alpha value is -2.97. The number of fused-ring (bicyclic) bond motifs is 2. The molecule has 3 aliphatic heterocycles. The Labute approximate surface area is 193 Å². The van der Waals surface area contributed by atoms with Crippen LogP contribution in [-0.4, -0.2) is 67.8 Å². The number of anilines is 1. The molecule has 3 fully saturated rings. The van der Waals surface area contributed by atoms with Crippen molar-refractivity contribution in [1.29, 1.82) is 0 Å². The van der Waals surface area contributed by atoms with Gasteiger partial charge in [-0.2, -0.15) is 4.31 Å². The molecule has 0 aliphatic carbocycles. The molecule has 0 spiro atoms. The van der Waals surface area contributed by atoms with E-state index in [0.717, 1.165) is 31.6 Å². The summed E-state index contributed by atoms with van der Waals surface area (Å²) in [5.74, 6) is 0.821. The SMILES string of the molecule is O=C(C1CN(S(=O)(=O)c2cccc3cnccc23)C1)N1CC2CN(c3ccccc3)CC2C1. The highest BCUT2D eigenvalue weighted by Gasteiger charge is 2.47. The first kappa shape index (κ1) is 20.6. The lowest BCUT2D eigenvalue weighted by Gasteiger charge is -2.39. The number of likely N-dealkylation sites (tertiary alicyclic amines) is 1. The Morgan fingerprint density at radius 3 is 2.30 bits per heavy atom. The molecular weight excluding hydrogens is 436 g/mol. The van der Waals surface area contributed by atoms with Gasteiger partial charge in [-0.05, 0) is 24.3 Å². The van der Waals surface area contributed by atoms with Crippen molar-refractivity contribution in [2.45, 2.75) is 4.90 Å². The average molecular weight is 463 g/mol. The molecule has 6 rings (SSSR count). The zero-order chi connectivity index (χ0) is 22.6. The van der Waals surface area contributed by atoms with E-state index in [-0.39, 0.29) is 29.8 Å². The van der Waals surface area contributed by atoms with Crippen LogP contribution in [0.5, 0.6) is 0 Å². The number of sulfonamides is 1. The highest BCUT2D eigenvalue weighted by Crippen LogP contribution is 2.36. The highest BCUT2D eigenvalue weighted by atomic mass is 32.2. The van der Waals surface area contributed by atoms with Gasteiger partial charge in [-0.3, -0.25) is 9.78 Å². The molecule has 0 bridgehead atoms. The predicted molar refractivity (Wildman–Crippen MR) is 126 cm³/mol. The van der Waals surface area contributed by atoms with Crippen LogP contribution < -0.4 is 4.90 Å². The molecule has 1 amide bonds. The van der Waals surface area contributed by atoms with Crippen LogP contribution in [0, 0.1) is 17.8 Å². The number of hydrogen-bond acceptors (Lipinski definition) is 5. The Morgan fingerprint density at radius 2 is 1.58 bits per heavy atom. The van der Waals surface area contributed by atoms with Gasteiger partial charge in [0.05, 0.1) is 10.8 Å². The molecule has 8 heteroatoms. The zero-order valence-corrected chi connectivity index (χ0v) is 19.1. The average Bonchev–Trinajstić information content (AvgIpc) is 3.38. The Kier molecular flexibility index (Phi) is 4.88. The van der Waals surface area contributed by atoms with E-state index in [0.29, 0.717) is 17.2 Å². The molecule has 0 radical (unpaired) electrons. The van der Waals surface area contributed by atoms with Gasteiger partial charge in [0.15, 0.2) is 0 Å². The standard InChI is InChI=1S/C25H26N4O3S/c30-25(28-14-19-12-27(13-20(19)15-28)22-6-2-1-3-7-22)21-16-29(17-21)33(31,32)24-8-4-5-18-11-26-10-9-23(18)24/h1-11,19-21H,12-17H2. The number of para-hydroxylation sites is 1. The fraction of sp³-hybridized carbons (Fsp3) is 0.360. The molecule has 1 aromatic heterocycles. The lowest BCUT2D eigenvalue weighted by molar-refractivity contribution is -0.138. The maximum Gasteiger partial charge on any atom is 0.243 e. The van der Waals surface area contributed by atoms with Crippen molar-refractivity contribution in [3.8, 4) is 0 Å². The minimum atomic E-state index is -3.64. The third kappa shape index (κ3) is 3.48. The van der Waals surface area contributed by atoms with Gasteiger partial charge in [0.1, 0.15) is 0 Å². The molecular formula is C25H26N4O3S. The number of carbonyl (C=O) groups excluding carboxylic acids is 1. The fourth-order valence-electron chi connectivity index (χ4n) is 5.53. The smallest absolute Gasteiger partial charge is 0.243 e. The molecule has 3 aromatic rings. The second-order valence-electron chi connectivity index (χ2n) is 9.38. The summed E-state index contributed by atoms with van der Waals surface area (Å²) in [7, 11) is -3.64. The molecule has 3 aliphatic rings. The van der Waals surface area contributed by atoms with Crippen molar-refractivity contribution in [3.05, 3.63) is 67.0 Å². The summed E-state index contributed by atoms with van der Waals surface area (Å²) in [4.78, 5) is 21.9. The fourth-order valence-corrected chi connectivity index (χ4v) is 7.27. The molecule has 3 saturated heterocycles. The molecule has 2 unspecified atom stereocenters. The Balaban J connectivity index is 1.09. The van der Waals surface area contributed by atoms with Crippen LogP contribution in [-0.2, 0) is 14.8 Å². The highest BCUT2D eigenvalue weighted by molar-refractivity contribution is 7.89. The molecule has 4 heterocycles. The van der Waals surface area contributed by atoms with E-state index < -0.39 is 10.0 Å². The molecule has 0 N–H and O–H groups in total. The van der Waals surface area contributed by atoms with Gasteiger partial charge in [-0.1, -0.05) is 30.3 Å². The maximum absolute atomic E-state index is 13.2. The molecule has 2 atom stereocenters. The Morgan fingerprint density at radius 1 is 0.848 bits per heavy atom. The lowest BCUT2D eigenvalue weighted by Crippen LogP contribution is -2.56. The number of benzene rings is 2. The molecule has 2 aromatic carbocycles. The number of rotatable bonds is 4. The van der Waals surface area contributed by atoms with Crippen LogP contribution in [0.1, 0.15) is 0 Å². The van der Waals surface area contributed by atoms with E-state index in [1.807, 2.05) is 17.0 Å². The first-order chi connectivity index (χ1) is 16.0. The van der Waals surface area contributed by atoms with Gasteiger partial charge in [0.25, 0.3) is 0 Å². The number of aromatic nitrogens is 1. The molecule has 0 saturated carbocycles. The predicted octanol–water partition coefficient (Wildman–Crippen LogP) is 2.45. The van der Waals surface area contributed by atoms with E-state index in [9.17, 15) is 13.2 Å². The van der Waals surface area contributed by atoms with Crippen molar-refractivity contribution in [1.82, 2.24) is 14.2 Å². The van der Waals surface area contributed by atoms with Crippen LogP contribution in [0.2, 0.25) is 0 Å². The van der Waals surface area contributed by atoms with Crippen LogP contribution >= 0.6 is 0 Å². The van der Waals surface area contributed by atoms with Crippen molar-refractivity contribution < 1.29 is 13.2 Å². The number of nitrogens with zero attached hydrogens (tertiary/aromatic N) is 4. The van der Waals surface area contributed by atoms with Crippen LogP contribution in [0.4, 0.5) is 5.69 Å². The second-order valence-corrected chi connectivity index (χ2v) is 11.3. The normalized spacial score (nSPS) is 23.6. The number of pyridine rings is 1. The third-order valence-corrected chi connectivity index (χ3v) is 9.26. The van der Waals surface area contributed by atoms with Crippen LogP contribution in [0.3, 0.4) is 0 Å². The molecule has 7 nitrogen and oxygen atoms in total. The quantitative estimate of drug-likeness (QED) is 0.596. The second kappa shape index (κ2) is 7.81. The number of hydrogen-bond donors (Lipinski definition) is 0. The van der Waals surface area contributed by atoms with Gasteiger partial charge in [-0.15, -0.1) is 0 Å². The van der Waals surface area contributed by atoms with Gasteiger partial charge in [-0.25, -0.2) is 8.42 Å². The first-order valence-electron chi connectivity index (χ1n) is 11.4. The summed E-state index contributed by atoms with van der Waals surface area (Å²) in [5.41, 5.74) is 1.24. The summed E-state index contributed by atoms with van der Waals surface area (Å²) < 4.78 is 27.9. The van der Waals surface area contributed by atoms with E-state index in [1.165, 1.54) is 9.99 Å². The number of carbonyl (C=O) groups is 1. The minimum absolute atomic E-state index is 0.101. The van der Waals surface area contributed by atoms with E-state index in [2.05, 4.69) is 34.1 Å². The minimum Gasteiger partial charge on any atom is -0.371 e. The topological polar surface area (TPSA) is 73.8 Å². The van der Waals surface area contributed by atoms with Crippen molar-refractivity contribution >= 4 is 32.4 Å². The van der Waals surface area contributed by atoms with E-state index >= 15 is 0 Å². The van der Waals surface area contributed by atoms with Gasteiger partial charge >= 0.3 is 0 Å². The third-order valence-electron chi connectivity index (χ3n) is 7.38. The summed E-state index contributed by atoms with van der Waals surface area (Å²) >= 11 is 0. The van der Waals surface area contributed by atoms with Gasteiger partial charge in [0.2, 0.25) is 15.9 Å². The van der Waals surface area contributed by atoms with Crippen molar-refractivity contribution in [2.75, 3.05) is 44.2 Å². The van der Waals surface area contributed by atoms with Crippen LogP contribution in [0.25, 0.3) is 10.8 Å². The summed E-state index contributed by atoms with van der Waals surface area (Å²) in [5, 5.41) is 1.46.